The number of hydrogen-bond donors (Lipinski definition) is 0. The van der Waals surface area contributed by atoms with Crippen LogP contribution in [0.15, 0.2) is 71.6 Å². The normalized spacial score (nSPS) is 16.3. The molecule has 102 valence electrons. The van der Waals surface area contributed by atoms with Crippen LogP contribution in [0.5, 0.6) is 0 Å². The molecule has 0 radical (unpaired) electrons. The number of hydrogen-bond acceptors (Lipinski definition) is 4. The number of cyclic esters (lactones) is 1. The van der Waals surface area contributed by atoms with E-state index >= 15 is 0 Å². The third kappa shape index (κ3) is 3.30. The summed E-state index contributed by atoms with van der Waals surface area (Å²) in [4.78, 5) is 19.9. The highest BCUT2D eigenvalue weighted by molar-refractivity contribution is 6.11. The smallest absolute Gasteiger partial charge is 0.363 e. The number of carbonyl (C=O) groups is 1. The molecular weight excluding hydrogens is 264 g/mol. The van der Waals surface area contributed by atoms with Crippen LogP contribution < -0.4 is 0 Å². The molecule has 1 aromatic carbocycles. The van der Waals surface area contributed by atoms with Gasteiger partial charge in [0, 0.05) is 18.5 Å². The van der Waals surface area contributed by atoms with E-state index in [0.29, 0.717) is 5.90 Å². The summed E-state index contributed by atoms with van der Waals surface area (Å²) in [5.41, 5.74) is 2.10. The molecule has 0 saturated heterocycles. The molecule has 0 aliphatic carbocycles. The number of ether oxygens (including phenoxy) is 1. The molecule has 0 saturated carbocycles. The van der Waals surface area contributed by atoms with Gasteiger partial charge in [-0.25, -0.2) is 9.79 Å². The maximum Gasteiger partial charge on any atom is 0.363 e. The van der Waals surface area contributed by atoms with Gasteiger partial charge in [-0.15, -0.1) is 0 Å². The number of aliphatic imine (C=N–C) groups is 1. The number of rotatable bonds is 3. The Morgan fingerprint density at radius 1 is 0.952 bits per heavy atom. The van der Waals surface area contributed by atoms with Gasteiger partial charge in [-0.3, -0.25) is 4.98 Å². The molecule has 1 aliphatic heterocycles. The van der Waals surface area contributed by atoms with Crippen LogP contribution in [-0.4, -0.2) is 16.9 Å². The minimum Gasteiger partial charge on any atom is -0.403 e. The van der Waals surface area contributed by atoms with E-state index in [-0.39, 0.29) is 5.70 Å². The van der Waals surface area contributed by atoms with E-state index in [1.807, 2.05) is 42.5 Å². The monoisotopic (exact) mass is 276 g/mol. The summed E-state index contributed by atoms with van der Waals surface area (Å²) in [6.07, 6.45) is 8.51. The second-order valence-electron chi connectivity index (χ2n) is 4.40. The second-order valence-corrected chi connectivity index (χ2v) is 4.40. The van der Waals surface area contributed by atoms with E-state index in [2.05, 4.69) is 9.98 Å². The molecule has 0 bridgehead atoms. The van der Waals surface area contributed by atoms with Crippen LogP contribution in [-0.2, 0) is 9.53 Å². The molecule has 4 heteroatoms. The van der Waals surface area contributed by atoms with Crippen LogP contribution in [0.4, 0.5) is 0 Å². The van der Waals surface area contributed by atoms with Crippen molar-refractivity contribution in [2.75, 3.05) is 0 Å². The van der Waals surface area contributed by atoms with Crippen molar-refractivity contribution in [2.24, 2.45) is 4.99 Å². The minimum atomic E-state index is -0.452. The summed E-state index contributed by atoms with van der Waals surface area (Å²) in [5.74, 6) is -0.162. The van der Waals surface area contributed by atoms with E-state index in [0.717, 1.165) is 11.1 Å². The molecule has 0 amide bonds. The Morgan fingerprint density at radius 3 is 2.52 bits per heavy atom. The number of aromatic nitrogens is 1. The first-order valence-electron chi connectivity index (χ1n) is 6.47. The summed E-state index contributed by atoms with van der Waals surface area (Å²) in [7, 11) is 0. The van der Waals surface area contributed by atoms with E-state index in [4.69, 9.17) is 4.74 Å². The third-order valence-electron chi connectivity index (χ3n) is 2.84. The molecule has 4 nitrogen and oxygen atoms in total. The number of carbonyl (C=O) groups excluding carboxylic acids is 1. The lowest BCUT2D eigenvalue weighted by molar-refractivity contribution is -0.129. The average molecular weight is 276 g/mol. The number of pyridine rings is 1. The fourth-order valence-electron chi connectivity index (χ4n) is 1.85. The first-order valence-corrected chi connectivity index (χ1v) is 6.47. The molecule has 0 N–H and O–H groups in total. The van der Waals surface area contributed by atoms with Crippen LogP contribution >= 0.6 is 0 Å². The lowest BCUT2D eigenvalue weighted by Gasteiger charge is -1.92. The van der Waals surface area contributed by atoms with Gasteiger partial charge < -0.3 is 4.74 Å². The zero-order valence-corrected chi connectivity index (χ0v) is 11.1. The summed E-state index contributed by atoms with van der Waals surface area (Å²) >= 11 is 0. The van der Waals surface area contributed by atoms with Gasteiger partial charge in [-0.1, -0.05) is 36.4 Å². The van der Waals surface area contributed by atoms with Gasteiger partial charge in [0.25, 0.3) is 0 Å². The molecule has 2 aromatic rings. The van der Waals surface area contributed by atoms with E-state index in [1.165, 1.54) is 0 Å². The molecule has 0 fully saturated rings. The van der Waals surface area contributed by atoms with Crippen LogP contribution in [0, 0.1) is 0 Å². The number of esters is 1. The predicted molar refractivity (Wildman–Crippen MR) is 81.2 cm³/mol. The second kappa shape index (κ2) is 5.96. The number of nitrogens with zero attached hydrogens (tertiary/aromatic N) is 2. The Morgan fingerprint density at radius 2 is 1.76 bits per heavy atom. The molecule has 0 spiro atoms. The fraction of sp³-hybridized carbons (Fsp3) is 0. The fourth-order valence-corrected chi connectivity index (χ4v) is 1.85. The largest absolute Gasteiger partial charge is 0.403 e. The van der Waals surface area contributed by atoms with Gasteiger partial charge in [0.2, 0.25) is 5.90 Å². The Hall–Kier alpha value is -3.01. The number of benzene rings is 1. The quantitative estimate of drug-likeness (QED) is 0.639. The van der Waals surface area contributed by atoms with Gasteiger partial charge >= 0.3 is 5.97 Å². The van der Waals surface area contributed by atoms with Crippen molar-refractivity contribution in [3.63, 3.8) is 0 Å². The summed E-state index contributed by atoms with van der Waals surface area (Å²) in [5, 5.41) is 0. The van der Waals surface area contributed by atoms with E-state index < -0.39 is 5.97 Å². The van der Waals surface area contributed by atoms with Crippen LogP contribution in [0.25, 0.3) is 12.2 Å². The van der Waals surface area contributed by atoms with Gasteiger partial charge in [-0.05, 0) is 29.3 Å². The molecule has 0 unspecified atom stereocenters. The zero-order chi connectivity index (χ0) is 14.5. The molecule has 3 rings (SSSR count). The molecular formula is C17H12N2O2. The van der Waals surface area contributed by atoms with Gasteiger partial charge in [0.1, 0.15) is 0 Å². The third-order valence-corrected chi connectivity index (χ3v) is 2.84. The van der Waals surface area contributed by atoms with Crippen molar-refractivity contribution in [3.8, 4) is 0 Å². The summed E-state index contributed by atoms with van der Waals surface area (Å²) in [6, 6.07) is 13.4. The molecule has 21 heavy (non-hydrogen) atoms. The Labute approximate surface area is 122 Å². The SMILES string of the molecule is O=C1OC(/C=C\c2ccccc2)=NC/1=C/c1cccnc1. The Balaban J connectivity index is 1.80. The average Bonchev–Trinajstić information content (AvgIpc) is 2.87. The van der Waals surface area contributed by atoms with Gasteiger partial charge in [-0.2, -0.15) is 0 Å². The van der Waals surface area contributed by atoms with Crippen molar-refractivity contribution in [2.45, 2.75) is 0 Å². The van der Waals surface area contributed by atoms with Crippen molar-refractivity contribution in [1.29, 1.82) is 0 Å². The highest BCUT2D eigenvalue weighted by atomic mass is 16.6. The highest BCUT2D eigenvalue weighted by Crippen LogP contribution is 2.16. The molecule has 0 atom stereocenters. The topological polar surface area (TPSA) is 51.5 Å². The van der Waals surface area contributed by atoms with Crippen LogP contribution in [0.3, 0.4) is 0 Å². The first kappa shape index (κ1) is 13.0. The highest BCUT2D eigenvalue weighted by Gasteiger charge is 2.20. The predicted octanol–water partition coefficient (Wildman–Crippen LogP) is 3.09. The van der Waals surface area contributed by atoms with Crippen molar-refractivity contribution in [3.05, 3.63) is 77.8 Å². The lowest BCUT2D eigenvalue weighted by atomic mass is 10.2. The molecule has 2 heterocycles. The standard InChI is InChI=1S/C17H12N2O2/c20-17-15(11-14-7-4-10-18-12-14)19-16(21-17)9-8-13-5-2-1-3-6-13/h1-12H/b9-8-,15-11+. The summed E-state index contributed by atoms with van der Waals surface area (Å²) in [6.45, 7) is 0. The van der Waals surface area contributed by atoms with Crippen molar-refractivity contribution in [1.82, 2.24) is 4.98 Å². The van der Waals surface area contributed by atoms with Gasteiger partial charge in [0.05, 0.1) is 0 Å². The van der Waals surface area contributed by atoms with Crippen LogP contribution in [0.1, 0.15) is 11.1 Å². The summed E-state index contributed by atoms with van der Waals surface area (Å²) < 4.78 is 5.10. The van der Waals surface area contributed by atoms with Gasteiger partial charge in [0.15, 0.2) is 5.70 Å². The maximum absolute atomic E-state index is 11.7. The molecule has 1 aromatic heterocycles. The molecule has 1 aliphatic rings. The Kier molecular flexibility index (Phi) is 3.69. The van der Waals surface area contributed by atoms with Crippen molar-refractivity contribution >= 4 is 24.0 Å². The zero-order valence-electron chi connectivity index (χ0n) is 11.1. The van der Waals surface area contributed by atoms with Crippen molar-refractivity contribution < 1.29 is 9.53 Å². The van der Waals surface area contributed by atoms with E-state index in [1.54, 1.807) is 30.6 Å². The van der Waals surface area contributed by atoms with Crippen LogP contribution in [0.2, 0.25) is 0 Å². The van der Waals surface area contributed by atoms with E-state index in [9.17, 15) is 4.79 Å². The first-order chi connectivity index (χ1) is 10.3. The lowest BCUT2D eigenvalue weighted by Crippen LogP contribution is -2.01. The minimum absolute atomic E-state index is 0.274. The maximum atomic E-state index is 11.7. The Bertz CT molecular complexity index is 732.